The van der Waals surface area contributed by atoms with Crippen LogP contribution in [0.5, 0.6) is 0 Å². The summed E-state index contributed by atoms with van der Waals surface area (Å²) in [7, 11) is 0. The van der Waals surface area contributed by atoms with Crippen LogP contribution in [-0.4, -0.2) is 46.1 Å². The first-order valence-corrected chi connectivity index (χ1v) is 15.6. The summed E-state index contributed by atoms with van der Waals surface area (Å²) in [5.74, 6) is -0.349. The molecule has 0 aliphatic heterocycles. The van der Waals surface area contributed by atoms with E-state index in [1.54, 1.807) is 6.08 Å². The molecule has 5 heteroatoms. The maximum atomic E-state index is 12.3. The minimum absolute atomic E-state index is 0.0152. The molecule has 224 valence electrons. The van der Waals surface area contributed by atoms with Crippen molar-refractivity contribution in [3.8, 4) is 0 Å². The fourth-order valence-electron chi connectivity index (χ4n) is 4.07. The molecule has 0 aliphatic rings. The number of carbonyl (C=O) groups is 1. The first kappa shape index (κ1) is 37.0. The minimum Gasteiger partial charge on any atom is -0.394 e. The minimum atomic E-state index is -0.964. The lowest BCUT2D eigenvalue weighted by Crippen LogP contribution is -2.45. The van der Waals surface area contributed by atoms with Gasteiger partial charge < -0.3 is 20.6 Å². The van der Waals surface area contributed by atoms with Gasteiger partial charge in [-0.3, -0.25) is 4.79 Å². The molecule has 0 fully saturated rings. The molecule has 0 saturated carbocycles. The van der Waals surface area contributed by atoms with E-state index in [4.69, 9.17) is 0 Å². The molecule has 4 N–H and O–H groups in total. The first-order valence-electron chi connectivity index (χ1n) is 15.6. The third-order valence-corrected chi connectivity index (χ3v) is 6.51. The average Bonchev–Trinajstić information content (AvgIpc) is 2.92. The third-order valence-electron chi connectivity index (χ3n) is 6.51. The van der Waals surface area contributed by atoms with E-state index in [0.29, 0.717) is 6.42 Å². The van der Waals surface area contributed by atoms with Crippen LogP contribution in [0.15, 0.2) is 60.8 Å². The Hall–Kier alpha value is -1.95. The number of carbonyl (C=O) groups excluding carboxylic acids is 1. The van der Waals surface area contributed by atoms with Crippen LogP contribution in [0.4, 0.5) is 0 Å². The van der Waals surface area contributed by atoms with Gasteiger partial charge in [-0.15, -0.1) is 0 Å². The van der Waals surface area contributed by atoms with Crippen molar-refractivity contribution in [3.05, 3.63) is 60.8 Å². The summed E-state index contributed by atoms with van der Waals surface area (Å²) in [5, 5.41) is 32.8. The van der Waals surface area contributed by atoms with Crippen LogP contribution >= 0.6 is 0 Å². The second-order valence-electron chi connectivity index (χ2n) is 10.4. The lowest BCUT2D eigenvalue weighted by atomic mass is 10.0. The summed E-state index contributed by atoms with van der Waals surface area (Å²) in [6.07, 6.45) is 36.2. The maximum absolute atomic E-state index is 12.3. The Bertz CT molecular complexity index is 695. The Morgan fingerprint density at radius 2 is 1.23 bits per heavy atom. The normalized spacial score (nSPS) is 14.9. The first-order chi connectivity index (χ1) is 19.0. The monoisotopic (exact) mass is 545 g/mol. The maximum Gasteiger partial charge on any atom is 0.222 e. The zero-order valence-corrected chi connectivity index (χ0v) is 25.0. The summed E-state index contributed by atoms with van der Waals surface area (Å²) in [5.41, 5.74) is 0. The Balaban J connectivity index is 3.94. The Morgan fingerprint density at radius 1 is 0.667 bits per heavy atom. The second-order valence-corrected chi connectivity index (χ2v) is 10.4. The molecule has 0 rings (SSSR count). The quantitative estimate of drug-likeness (QED) is 0.0511. The summed E-state index contributed by atoms with van der Waals surface area (Å²) < 4.78 is 0. The molecule has 0 saturated heterocycles. The van der Waals surface area contributed by atoms with E-state index in [-0.39, 0.29) is 18.9 Å². The molecule has 0 heterocycles. The van der Waals surface area contributed by atoms with Gasteiger partial charge in [0, 0.05) is 0 Å². The van der Waals surface area contributed by atoms with Crippen LogP contribution in [-0.2, 0) is 4.79 Å². The molecule has 0 radical (unpaired) electrons. The Labute approximate surface area is 239 Å². The SMILES string of the molecule is CCC/C=C/CC/C=C/CC/C=C/C(O)C(CO)NC(=O)CC(O)CCCCCC/C=C\C=C/CCCCC. The van der Waals surface area contributed by atoms with Gasteiger partial charge in [-0.05, 0) is 64.2 Å². The number of nitrogens with one attached hydrogen (secondary N) is 1. The molecule has 3 atom stereocenters. The van der Waals surface area contributed by atoms with E-state index in [0.717, 1.165) is 70.6 Å². The van der Waals surface area contributed by atoms with Crippen molar-refractivity contribution in [2.45, 2.75) is 141 Å². The van der Waals surface area contributed by atoms with E-state index in [9.17, 15) is 20.1 Å². The highest BCUT2D eigenvalue weighted by Crippen LogP contribution is 2.10. The molecular weight excluding hydrogens is 486 g/mol. The largest absolute Gasteiger partial charge is 0.394 e. The lowest BCUT2D eigenvalue weighted by Gasteiger charge is -2.20. The topological polar surface area (TPSA) is 89.8 Å². The van der Waals surface area contributed by atoms with E-state index in [1.165, 1.54) is 25.7 Å². The zero-order chi connectivity index (χ0) is 28.8. The summed E-state index contributed by atoms with van der Waals surface area (Å²) in [6, 6.07) is -0.773. The number of aliphatic hydroxyl groups excluding tert-OH is 3. The van der Waals surface area contributed by atoms with E-state index >= 15 is 0 Å². The van der Waals surface area contributed by atoms with Crippen LogP contribution in [0.1, 0.15) is 123 Å². The van der Waals surface area contributed by atoms with E-state index < -0.39 is 18.2 Å². The molecule has 3 unspecified atom stereocenters. The molecule has 0 aromatic carbocycles. The highest BCUT2D eigenvalue weighted by molar-refractivity contribution is 5.76. The van der Waals surface area contributed by atoms with Gasteiger partial charge in [-0.2, -0.15) is 0 Å². The zero-order valence-electron chi connectivity index (χ0n) is 25.0. The molecule has 39 heavy (non-hydrogen) atoms. The van der Waals surface area contributed by atoms with Gasteiger partial charge in [0.1, 0.15) is 0 Å². The molecule has 1 amide bonds. The van der Waals surface area contributed by atoms with Gasteiger partial charge in [0.2, 0.25) is 5.91 Å². The summed E-state index contributed by atoms with van der Waals surface area (Å²) in [4.78, 5) is 12.3. The fourth-order valence-corrected chi connectivity index (χ4v) is 4.07. The van der Waals surface area contributed by atoms with Crippen LogP contribution in [0, 0.1) is 0 Å². The van der Waals surface area contributed by atoms with Crippen molar-refractivity contribution < 1.29 is 20.1 Å². The number of unbranched alkanes of at least 4 members (excludes halogenated alkanes) is 10. The molecule has 0 bridgehead atoms. The molecule has 0 aliphatic carbocycles. The van der Waals surface area contributed by atoms with Crippen LogP contribution in [0.3, 0.4) is 0 Å². The molecule has 0 spiro atoms. The number of allylic oxidation sites excluding steroid dienone is 9. The van der Waals surface area contributed by atoms with Crippen molar-refractivity contribution in [2.75, 3.05) is 6.61 Å². The van der Waals surface area contributed by atoms with Crippen molar-refractivity contribution in [2.24, 2.45) is 0 Å². The molecule has 5 nitrogen and oxygen atoms in total. The van der Waals surface area contributed by atoms with Crippen molar-refractivity contribution >= 4 is 5.91 Å². The van der Waals surface area contributed by atoms with Gasteiger partial charge in [0.25, 0.3) is 0 Å². The Morgan fingerprint density at radius 3 is 1.82 bits per heavy atom. The Kier molecular flexibility index (Phi) is 27.6. The van der Waals surface area contributed by atoms with E-state index in [2.05, 4.69) is 67.8 Å². The number of hydrogen-bond donors (Lipinski definition) is 4. The predicted octanol–water partition coefficient (Wildman–Crippen LogP) is 7.64. The van der Waals surface area contributed by atoms with Gasteiger partial charge in [-0.25, -0.2) is 0 Å². The van der Waals surface area contributed by atoms with Gasteiger partial charge in [0.05, 0.1) is 31.3 Å². The van der Waals surface area contributed by atoms with Crippen LogP contribution < -0.4 is 5.32 Å². The predicted molar refractivity (Wildman–Crippen MR) is 167 cm³/mol. The second kappa shape index (κ2) is 29.0. The molecular formula is C34H59NO4. The van der Waals surface area contributed by atoms with Gasteiger partial charge in [-0.1, -0.05) is 113 Å². The van der Waals surface area contributed by atoms with Crippen molar-refractivity contribution in [3.63, 3.8) is 0 Å². The average molecular weight is 546 g/mol. The molecule has 0 aromatic rings. The number of aliphatic hydroxyl groups is 3. The van der Waals surface area contributed by atoms with Crippen LogP contribution in [0.25, 0.3) is 0 Å². The lowest BCUT2D eigenvalue weighted by molar-refractivity contribution is -0.124. The number of rotatable bonds is 26. The van der Waals surface area contributed by atoms with Gasteiger partial charge in [0.15, 0.2) is 0 Å². The van der Waals surface area contributed by atoms with Gasteiger partial charge >= 0.3 is 0 Å². The highest BCUT2D eigenvalue weighted by atomic mass is 16.3. The fraction of sp³-hybridized carbons (Fsp3) is 0.676. The number of amides is 1. The third kappa shape index (κ3) is 26.1. The van der Waals surface area contributed by atoms with Crippen LogP contribution in [0.2, 0.25) is 0 Å². The number of hydrogen-bond acceptors (Lipinski definition) is 4. The summed E-state index contributed by atoms with van der Waals surface area (Å²) >= 11 is 0. The molecule has 0 aromatic heterocycles. The standard InChI is InChI=1S/C34H59NO4/c1-3-5-7-9-11-13-15-16-18-19-21-23-25-27-31(37)29-34(39)35-32(30-36)33(38)28-26-24-22-20-17-14-12-10-8-6-4-2/h8,10-11,13,15-17,20,26,28,31-33,36-38H,3-7,9,12,14,18-19,21-25,27,29-30H2,1-2H3,(H,35,39)/b10-8+,13-11-,16-15-,20-17+,28-26+. The van der Waals surface area contributed by atoms with Crippen molar-refractivity contribution in [1.82, 2.24) is 5.32 Å². The summed E-state index contributed by atoms with van der Waals surface area (Å²) in [6.45, 7) is 4.04. The smallest absolute Gasteiger partial charge is 0.222 e. The highest BCUT2D eigenvalue weighted by Gasteiger charge is 2.19. The van der Waals surface area contributed by atoms with E-state index in [1.807, 2.05) is 6.08 Å². The van der Waals surface area contributed by atoms with Crippen molar-refractivity contribution in [1.29, 1.82) is 0 Å².